The summed E-state index contributed by atoms with van der Waals surface area (Å²) in [4.78, 5) is 27.5. The first-order valence-corrected chi connectivity index (χ1v) is 12.4. The van der Waals surface area contributed by atoms with E-state index in [1.165, 1.54) is 12.1 Å². The van der Waals surface area contributed by atoms with E-state index in [4.69, 9.17) is 21.1 Å². The zero-order valence-electron chi connectivity index (χ0n) is 17.6. The zero-order chi connectivity index (χ0) is 24.4. The third-order valence-corrected chi connectivity index (χ3v) is 6.98. The lowest BCUT2D eigenvalue weighted by molar-refractivity contribution is -0.385. The van der Waals surface area contributed by atoms with E-state index in [1.807, 2.05) is 36.4 Å². The number of carbonyl (C=O) groups excluding carboxylic acids is 1. The fraction of sp³-hybridized carbons (Fsp3) is 0.0833. The molecule has 3 aromatic carbocycles. The van der Waals surface area contributed by atoms with Crippen LogP contribution in [-0.2, 0) is 16.1 Å². The van der Waals surface area contributed by atoms with Crippen molar-refractivity contribution in [3.63, 3.8) is 0 Å². The first-order chi connectivity index (χ1) is 16.2. The molecule has 34 heavy (non-hydrogen) atoms. The van der Waals surface area contributed by atoms with E-state index in [1.54, 1.807) is 19.1 Å². The van der Waals surface area contributed by atoms with Gasteiger partial charge in [0.05, 0.1) is 12.1 Å². The molecule has 0 spiro atoms. The predicted octanol–water partition coefficient (Wildman–Crippen LogP) is 6.69. The summed E-state index contributed by atoms with van der Waals surface area (Å²) in [5.74, 6) is 0.139. The van der Waals surface area contributed by atoms with Crippen LogP contribution < -0.4 is 4.74 Å². The van der Waals surface area contributed by atoms with E-state index >= 15 is 0 Å². The number of ether oxygens (including phenoxy) is 2. The largest absolute Gasteiger partial charge is 0.487 e. The van der Waals surface area contributed by atoms with E-state index < -0.39 is 10.9 Å². The first kappa shape index (κ1) is 24.6. The molecule has 172 valence electrons. The highest BCUT2D eigenvalue weighted by molar-refractivity contribution is 14.1. The summed E-state index contributed by atoms with van der Waals surface area (Å²) < 4.78 is 13.0. The maximum absolute atomic E-state index is 12.4. The number of aliphatic imine (C=N–C) groups is 1. The van der Waals surface area contributed by atoms with Crippen LogP contribution in [0.1, 0.15) is 22.3 Å². The van der Waals surface area contributed by atoms with Crippen molar-refractivity contribution in [3.8, 4) is 5.75 Å². The van der Waals surface area contributed by atoms with Crippen molar-refractivity contribution >= 4 is 80.4 Å². The summed E-state index contributed by atoms with van der Waals surface area (Å²) >= 11 is 10.6. The Balaban J connectivity index is 1.60. The molecule has 0 saturated carbocycles. The zero-order valence-corrected chi connectivity index (χ0v) is 22.6. The molecule has 0 radical (unpaired) electrons. The SMILES string of the molecule is Cc1c(C2=N/C(=C\c3cc(I)c(OCc4ccccc4Cl)c(I)c3)C(=O)O2)cccc1[N+](=O)[O-]. The Morgan fingerprint density at radius 2 is 1.85 bits per heavy atom. The van der Waals surface area contributed by atoms with Gasteiger partial charge in [0.15, 0.2) is 5.70 Å². The van der Waals surface area contributed by atoms with Crippen LogP contribution in [0, 0.1) is 24.2 Å². The van der Waals surface area contributed by atoms with Crippen molar-refractivity contribution in [2.45, 2.75) is 13.5 Å². The second-order valence-electron chi connectivity index (χ2n) is 7.24. The molecule has 1 heterocycles. The Hall–Kier alpha value is -2.51. The molecule has 0 atom stereocenters. The Labute approximate surface area is 227 Å². The third-order valence-electron chi connectivity index (χ3n) is 5.01. The summed E-state index contributed by atoms with van der Waals surface area (Å²) in [5.41, 5.74) is 2.45. The third kappa shape index (κ3) is 5.26. The molecular formula is C24H15ClI2N2O5. The van der Waals surface area contributed by atoms with Gasteiger partial charge in [0.1, 0.15) is 12.4 Å². The van der Waals surface area contributed by atoms with Gasteiger partial charge in [0.25, 0.3) is 5.69 Å². The number of esters is 1. The Bertz CT molecular complexity index is 1360. The minimum absolute atomic E-state index is 0.0431. The van der Waals surface area contributed by atoms with Gasteiger partial charge in [0.2, 0.25) is 5.90 Å². The molecule has 1 aliphatic heterocycles. The predicted molar refractivity (Wildman–Crippen MR) is 146 cm³/mol. The normalized spacial score (nSPS) is 14.2. The number of nitro groups is 1. The number of nitrogens with zero attached hydrogens (tertiary/aromatic N) is 2. The summed E-state index contributed by atoms with van der Waals surface area (Å²) in [7, 11) is 0. The molecule has 3 aromatic rings. The van der Waals surface area contributed by atoms with E-state index in [-0.39, 0.29) is 17.3 Å². The lowest BCUT2D eigenvalue weighted by Gasteiger charge is -2.12. The van der Waals surface area contributed by atoms with E-state index in [0.717, 1.165) is 18.3 Å². The second-order valence-corrected chi connectivity index (χ2v) is 9.97. The topological polar surface area (TPSA) is 91.0 Å². The quantitative estimate of drug-likeness (QED) is 0.0941. The van der Waals surface area contributed by atoms with Gasteiger partial charge < -0.3 is 9.47 Å². The van der Waals surface area contributed by atoms with Crippen LogP contribution in [0.3, 0.4) is 0 Å². The van der Waals surface area contributed by atoms with Crippen molar-refractivity contribution in [1.29, 1.82) is 0 Å². The molecule has 0 aliphatic carbocycles. The summed E-state index contributed by atoms with van der Waals surface area (Å²) in [5, 5.41) is 11.9. The Kier molecular flexibility index (Phi) is 7.53. The van der Waals surface area contributed by atoms with E-state index in [2.05, 4.69) is 50.2 Å². The lowest BCUT2D eigenvalue weighted by atomic mass is 10.1. The highest BCUT2D eigenvalue weighted by Gasteiger charge is 2.27. The van der Waals surface area contributed by atoms with Crippen LogP contribution in [0.4, 0.5) is 5.69 Å². The van der Waals surface area contributed by atoms with Gasteiger partial charge >= 0.3 is 5.97 Å². The van der Waals surface area contributed by atoms with Crippen LogP contribution in [0.25, 0.3) is 6.08 Å². The van der Waals surface area contributed by atoms with Crippen molar-refractivity contribution < 1.29 is 19.2 Å². The molecule has 0 amide bonds. The van der Waals surface area contributed by atoms with Gasteiger partial charge in [-0.1, -0.05) is 35.9 Å². The molecule has 0 fully saturated rings. The lowest BCUT2D eigenvalue weighted by Crippen LogP contribution is -2.08. The molecule has 0 bridgehead atoms. The van der Waals surface area contributed by atoms with Crippen LogP contribution in [-0.4, -0.2) is 16.8 Å². The molecule has 0 aromatic heterocycles. The number of hydrogen-bond donors (Lipinski definition) is 0. The van der Waals surface area contributed by atoms with E-state index in [0.29, 0.717) is 28.5 Å². The highest BCUT2D eigenvalue weighted by atomic mass is 127. The molecule has 7 nitrogen and oxygen atoms in total. The van der Waals surface area contributed by atoms with Crippen LogP contribution >= 0.6 is 56.8 Å². The number of hydrogen-bond acceptors (Lipinski definition) is 6. The molecule has 4 rings (SSSR count). The second kappa shape index (κ2) is 10.4. The Morgan fingerprint density at radius 3 is 2.53 bits per heavy atom. The van der Waals surface area contributed by atoms with Crippen molar-refractivity contribution in [3.05, 3.63) is 105 Å². The van der Waals surface area contributed by atoms with Gasteiger partial charge in [0, 0.05) is 27.8 Å². The minimum atomic E-state index is -0.620. The molecular weight excluding hydrogens is 686 g/mol. The smallest absolute Gasteiger partial charge is 0.363 e. The maximum Gasteiger partial charge on any atom is 0.363 e. The number of cyclic esters (lactones) is 1. The van der Waals surface area contributed by atoms with Crippen LogP contribution in [0.15, 0.2) is 65.3 Å². The number of halogens is 3. The number of benzene rings is 3. The molecule has 10 heteroatoms. The number of rotatable bonds is 6. The van der Waals surface area contributed by atoms with Gasteiger partial charge in [-0.2, -0.15) is 0 Å². The maximum atomic E-state index is 12.4. The summed E-state index contributed by atoms with van der Waals surface area (Å²) in [6.45, 7) is 1.92. The van der Waals surface area contributed by atoms with Gasteiger partial charge in [-0.3, -0.25) is 10.1 Å². The van der Waals surface area contributed by atoms with Gasteiger partial charge in [-0.25, -0.2) is 9.79 Å². The molecule has 0 saturated heterocycles. The van der Waals surface area contributed by atoms with E-state index in [9.17, 15) is 14.9 Å². The average molecular weight is 701 g/mol. The molecule has 0 unspecified atom stereocenters. The minimum Gasteiger partial charge on any atom is -0.487 e. The summed E-state index contributed by atoms with van der Waals surface area (Å²) in [6.07, 6.45) is 1.62. The van der Waals surface area contributed by atoms with Crippen LogP contribution in [0.5, 0.6) is 5.75 Å². The average Bonchev–Trinajstić information content (AvgIpc) is 3.14. The van der Waals surface area contributed by atoms with Crippen molar-refractivity contribution in [2.24, 2.45) is 4.99 Å². The standard InChI is InChI=1S/C24H15ClI2N2O5/c1-13-16(6-4-8-21(13)29(31)32)23-28-20(24(30)34-23)11-14-9-18(26)22(19(27)10-14)33-12-15-5-2-3-7-17(15)25/h2-11H,12H2,1H3/b20-11-. The van der Waals surface area contributed by atoms with Gasteiger partial charge in [-0.15, -0.1) is 0 Å². The Morgan fingerprint density at radius 1 is 1.15 bits per heavy atom. The highest BCUT2D eigenvalue weighted by Crippen LogP contribution is 2.32. The number of nitro benzene ring substituents is 1. The molecule has 0 N–H and O–H groups in total. The summed E-state index contributed by atoms with van der Waals surface area (Å²) in [6, 6.07) is 15.8. The van der Waals surface area contributed by atoms with Crippen molar-refractivity contribution in [1.82, 2.24) is 0 Å². The van der Waals surface area contributed by atoms with Crippen molar-refractivity contribution in [2.75, 3.05) is 0 Å². The fourth-order valence-corrected chi connectivity index (χ4v) is 5.62. The first-order valence-electron chi connectivity index (χ1n) is 9.87. The monoisotopic (exact) mass is 700 g/mol. The molecule has 1 aliphatic rings. The fourth-order valence-electron chi connectivity index (χ4n) is 3.30. The van der Waals surface area contributed by atoms with Gasteiger partial charge in [-0.05, 0) is 88.0 Å². The number of carbonyl (C=O) groups is 1. The van der Waals surface area contributed by atoms with Crippen LogP contribution in [0.2, 0.25) is 5.02 Å².